The number of thioether (sulfide) groups is 1. The Hall–Kier alpha value is -2.48. The molecule has 0 aliphatic rings. The largest absolute Gasteiger partial charge is 0.375 e. The van der Waals surface area contributed by atoms with Gasteiger partial charge in [-0.05, 0) is 12.1 Å². The number of amides is 2. The van der Waals surface area contributed by atoms with Crippen molar-refractivity contribution in [1.82, 2.24) is 5.16 Å². The Balaban J connectivity index is 1.92. The zero-order chi connectivity index (χ0) is 18.4. The molecule has 0 saturated carbocycles. The van der Waals surface area contributed by atoms with Gasteiger partial charge >= 0.3 is 0 Å². The van der Waals surface area contributed by atoms with Crippen molar-refractivity contribution >= 4 is 35.1 Å². The van der Waals surface area contributed by atoms with E-state index < -0.39 is 5.91 Å². The zero-order valence-corrected chi connectivity index (χ0v) is 15.3. The van der Waals surface area contributed by atoms with Crippen LogP contribution in [0.25, 0.3) is 0 Å². The minimum Gasteiger partial charge on any atom is -0.375 e. The summed E-state index contributed by atoms with van der Waals surface area (Å²) in [6, 6.07) is 9.12. The molecule has 7 nitrogen and oxygen atoms in total. The summed E-state index contributed by atoms with van der Waals surface area (Å²) in [5.74, 6) is -0.157. The second kappa shape index (κ2) is 8.06. The standard InChI is InChI=1S/C17H22N4O3S/c1-17(2,3)13-8-16(24-21-13)20-15(23)9-19-11-6-4-5-7-12(11)25-10-14(18)22/h4-8,19H,9-10H2,1-3H3,(H2,18,22)(H,20,23). The van der Waals surface area contributed by atoms with E-state index in [0.29, 0.717) is 5.88 Å². The maximum absolute atomic E-state index is 12.1. The Morgan fingerprint density at radius 1 is 1.28 bits per heavy atom. The first kappa shape index (κ1) is 18.9. The van der Waals surface area contributed by atoms with E-state index in [2.05, 4.69) is 15.8 Å². The van der Waals surface area contributed by atoms with Crippen LogP contribution in [0.15, 0.2) is 39.8 Å². The molecule has 0 spiro atoms. The smallest absolute Gasteiger partial charge is 0.246 e. The average Bonchev–Trinajstić information content (AvgIpc) is 3.00. The molecule has 2 amide bonds. The number of carbonyl (C=O) groups is 2. The molecular weight excluding hydrogens is 340 g/mol. The van der Waals surface area contributed by atoms with Crippen LogP contribution in [0.5, 0.6) is 0 Å². The number of rotatable bonds is 7. The fourth-order valence-corrected chi connectivity index (χ4v) is 2.70. The van der Waals surface area contributed by atoms with Crippen LogP contribution in [0.1, 0.15) is 26.5 Å². The number of aromatic nitrogens is 1. The highest BCUT2D eigenvalue weighted by atomic mass is 32.2. The Bertz CT molecular complexity index is 752. The molecule has 0 radical (unpaired) electrons. The first-order valence-corrected chi connectivity index (χ1v) is 8.75. The summed E-state index contributed by atoms with van der Waals surface area (Å²) in [6.07, 6.45) is 0. The van der Waals surface area contributed by atoms with Gasteiger partial charge in [0.1, 0.15) is 0 Å². The maximum Gasteiger partial charge on any atom is 0.246 e. The Morgan fingerprint density at radius 3 is 2.64 bits per heavy atom. The normalized spacial score (nSPS) is 11.2. The van der Waals surface area contributed by atoms with Gasteiger partial charge in [-0.25, -0.2) is 0 Å². The lowest BCUT2D eigenvalue weighted by Gasteiger charge is -2.12. The molecule has 0 unspecified atom stereocenters. The third kappa shape index (κ3) is 5.82. The number of anilines is 2. The molecule has 1 heterocycles. The van der Waals surface area contributed by atoms with Crippen molar-refractivity contribution in [2.75, 3.05) is 22.9 Å². The van der Waals surface area contributed by atoms with Crippen LogP contribution in [-0.2, 0) is 15.0 Å². The van der Waals surface area contributed by atoms with Crippen molar-refractivity contribution in [2.24, 2.45) is 5.73 Å². The van der Waals surface area contributed by atoms with Gasteiger partial charge in [-0.1, -0.05) is 38.1 Å². The molecule has 0 atom stereocenters. The van der Waals surface area contributed by atoms with Crippen LogP contribution in [0.4, 0.5) is 11.6 Å². The van der Waals surface area contributed by atoms with Gasteiger partial charge in [0.05, 0.1) is 18.0 Å². The van der Waals surface area contributed by atoms with Gasteiger partial charge in [-0.3, -0.25) is 14.9 Å². The first-order valence-electron chi connectivity index (χ1n) is 7.77. The predicted molar refractivity (Wildman–Crippen MR) is 98.7 cm³/mol. The molecule has 8 heteroatoms. The predicted octanol–water partition coefficient (Wildman–Crippen LogP) is 2.60. The third-order valence-corrected chi connectivity index (χ3v) is 4.33. The van der Waals surface area contributed by atoms with Crippen molar-refractivity contribution in [2.45, 2.75) is 31.1 Å². The van der Waals surface area contributed by atoms with E-state index in [9.17, 15) is 9.59 Å². The summed E-state index contributed by atoms with van der Waals surface area (Å²) >= 11 is 1.32. The fraction of sp³-hybridized carbons (Fsp3) is 0.353. The maximum atomic E-state index is 12.1. The number of primary amides is 1. The Labute approximate surface area is 150 Å². The fourth-order valence-electron chi connectivity index (χ4n) is 1.93. The monoisotopic (exact) mass is 362 g/mol. The molecule has 0 bridgehead atoms. The van der Waals surface area contributed by atoms with Gasteiger partial charge in [0.2, 0.25) is 17.7 Å². The van der Waals surface area contributed by atoms with Crippen LogP contribution in [0, 0.1) is 0 Å². The highest BCUT2D eigenvalue weighted by molar-refractivity contribution is 8.00. The number of nitrogens with zero attached hydrogens (tertiary/aromatic N) is 1. The lowest BCUT2D eigenvalue weighted by Crippen LogP contribution is -2.22. The second-order valence-corrected chi connectivity index (χ2v) is 7.50. The van der Waals surface area contributed by atoms with Gasteiger partial charge in [0, 0.05) is 22.1 Å². The zero-order valence-electron chi connectivity index (χ0n) is 14.5. The minimum absolute atomic E-state index is 0.0553. The molecule has 134 valence electrons. The van der Waals surface area contributed by atoms with Crippen LogP contribution in [0.3, 0.4) is 0 Å². The van der Waals surface area contributed by atoms with Crippen molar-refractivity contribution in [3.63, 3.8) is 0 Å². The molecule has 1 aromatic carbocycles. The minimum atomic E-state index is -0.391. The number of hydrogen-bond donors (Lipinski definition) is 3. The van der Waals surface area contributed by atoms with Gasteiger partial charge in [-0.15, -0.1) is 11.8 Å². The van der Waals surface area contributed by atoms with E-state index >= 15 is 0 Å². The second-order valence-electron chi connectivity index (χ2n) is 6.48. The molecule has 0 fully saturated rings. The highest BCUT2D eigenvalue weighted by Crippen LogP contribution is 2.27. The third-order valence-electron chi connectivity index (χ3n) is 3.24. The van der Waals surface area contributed by atoms with E-state index in [1.165, 1.54) is 11.8 Å². The molecule has 25 heavy (non-hydrogen) atoms. The summed E-state index contributed by atoms with van der Waals surface area (Å²) in [5.41, 5.74) is 6.55. The average molecular weight is 362 g/mol. The van der Waals surface area contributed by atoms with Gasteiger partial charge in [-0.2, -0.15) is 0 Å². The number of hydrogen-bond acceptors (Lipinski definition) is 6. The van der Waals surface area contributed by atoms with Crippen LogP contribution >= 0.6 is 11.8 Å². The summed E-state index contributed by atoms with van der Waals surface area (Å²) in [7, 11) is 0. The molecule has 0 aliphatic carbocycles. The topological polar surface area (TPSA) is 110 Å². The quantitative estimate of drug-likeness (QED) is 0.653. The number of nitrogens with two attached hydrogens (primary N) is 1. The van der Waals surface area contributed by atoms with Crippen molar-refractivity contribution < 1.29 is 14.1 Å². The first-order chi connectivity index (χ1) is 11.8. The summed E-state index contributed by atoms with van der Waals surface area (Å²) in [5, 5.41) is 9.67. The van der Waals surface area contributed by atoms with Crippen molar-refractivity contribution in [1.29, 1.82) is 0 Å². The van der Waals surface area contributed by atoms with E-state index in [1.807, 2.05) is 45.0 Å². The van der Waals surface area contributed by atoms with E-state index in [1.54, 1.807) is 6.07 Å². The van der Waals surface area contributed by atoms with Crippen LogP contribution in [0.2, 0.25) is 0 Å². The number of nitrogens with one attached hydrogen (secondary N) is 2. The van der Waals surface area contributed by atoms with E-state index in [0.717, 1.165) is 16.3 Å². The van der Waals surface area contributed by atoms with Crippen molar-refractivity contribution in [3.05, 3.63) is 36.0 Å². The molecule has 1 aromatic heterocycles. The van der Waals surface area contributed by atoms with Gasteiger partial charge < -0.3 is 15.6 Å². The van der Waals surface area contributed by atoms with E-state index in [4.69, 9.17) is 10.3 Å². The van der Waals surface area contributed by atoms with Crippen LogP contribution in [-0.4, -0.2) is 29.3 Å². The summed E-state index contributed by atoms with van der Waals surface area (Å²) in [4.78, 5) is 23.9. The van der Waals surface area contributed by atoms with Crippen LogP contribution < -0.4 is 16.4 Å². The van der Waals surface area contributed by atoms with Crippen molar-refractivity contribution in [3.8, 4) is 0 Å². The molecule has 0 saturated heterocycles. The molecular formula is C17H22N4O3S. The number of para-hydroxylation sites is 1. The lowest BCUT2D eigenvalue weighted by molar-refractivity contribution is -0.116. The summed E-state index contributed by atoms with van der Waals surface area (Å²) in [6.45, 7) is 6.09. The SMILES string of the molecule is CC(C)(C)c1cc(NC(=O)CNc2ccccc2SCC(N)=O)on1. The Kier molecular flexibility index (Phi) is 6.08. The number of carbonyl (C=O) groups excluding carboxylic acids is 2. The number of benzene rings is 1. The Morgan fingerprint density at radius 2 is 2.00 bits per heavy atom. The molecule has 4 N–H and O–H groups in total. The molecule has 2 aromatic rings. The lowest BCUT2D eigenvalue weighted by atomic mass is 9.92. The molecule has 0 aliphatic heterocycles. The summed E-state index contributed by atoms with van der Waals surface area (Å²) < 4.78 is 5.14. The van der Waals surface area contributed by atoms with E-state index in [-0.39, 0.29) is 23.6 Å². The highest BCUT2D eigenvalue weighted by Gasteiger charge is 2.19. The molecule has 2 rings (SSSR count). The van der Waals surface area contributed by atoms with Gasteiger partial charge in [0.15, 0.2) is 0 Å². The van der Waals surface area contributed by atoms with Gasteiger partial charge in [0.25, 0.3) is 0 Å².